The Kier molecular flexibility index (Phi) is 4.15. The minimum atomic E-state index is 0.0724. The maximum atomic E-state index is 8.87. The predicted octanol–water partition coefficient (Wildman–Crippen LogP) is 3.76. The zero-order valence-corrected chi connectivity index (χ0v) is 12.5. The SMILES string of the molecule is C/C(=N/O)c1cccc(OC2CCOC3(CCCC3)C2)c1. The van der Waals surface area contributed by atoms with Gasteiger partial charge >= 0.3 is 0 Å². The minimum Gasteiger partial charge on any atom is -0.490 e. The Morgan fingerprint density at radius 1 is 1.38 bits per heavy atom. The lowest BCUT2D eigenvalue weighted by Gasteiger charge is -2.38. The number of hydrogen-bond acceptors (Lipinski definition) is 4. The van der Waals surface area contributed by atoms with Crippen molar-refractivity contribution in [2.75, 3.05) is 6.61 Å². The van der Waals surface area contributed by atoms with E-state index in [0.29, 0.717) is 5.71 Å². The van der Waals surface area contributed by atoms with Crippen LogP contribution in [-0.2, 0) is 4.74 Å². The van der Waals surface area contributed by atoms with Crippen molar-refractivity contribution in [1.82, 2.24) is 0 Å². The molecule has 1 N–H and O–H groups in total. The molecule has 0 aromatic heterocycles. The van der Waals surface area contributed by atoms with Crippen LogP contribution in [0.4, 0.5) is 0 Å². The van der Waals surface area contributed by atoms with Gasteiger partial charge < -0.3 is 14.7 Å². The summed E-state index contributed by atoms with van der Waals surface area (Å²) in [6.07, 6.45) is 7.04. The molecule has 4 nitrogen and oxygen atoms in total. The fraction of sp³-hybridized carbons (Fsp3) is 0.588. The molecule has 1 heterocycles. The first-order valence-electron chi connectivity index (χ1n) is 7.80. The summed E-state index contributed by atoms with van der Waals surface area (Å²) < 4.78 is 12.2. The van der Waals surface area contributed by atoms with Gasteiger partial charge in [0.1, 0.15) is 11.9 Å². The number of rotatable bonds is 3. The molecule has 0 amide bonds. The molecule has 21 heavy (non-hydrogen) atoms. The van der Waals surface area contributed by atoms with Gasteiger partial charge in [0.2, 0.25) is 0 Å². The van der Waals surface area contributed by atoms with E-state index in [9.17, 15) is 0 Å². The maximum absolute atomic E-state index is 8.87. The van der Waals surface area contributed by atoms with Crippen LogP contribution in [0.2, 0.25) is 0 Å². The first-order valence-corrected chi connectivity index (χ1v) is 7.80. The second kappa shape index (κ2) is 6.06. The molecule has 3 rings (SSSR count). The number of oxime groups is 1. The number of nitrogens with zero attached hydrogens (tertiary/aromatic N) is 1. The Bertz CT molecular complexity index is 521. The van der Waals surface area contributed by atoms with Crippen molar-refractivity contribution >= 4 is 5.71 Å². The minimum absolute atomic E-state index is 0.0724. The number of benzene rings is 1. The summed E-state index contributed by atoms with van der Waals surface area (Å²) in [5, 5.41) is 12.1. The molecule has 1 atom stereocenters. The lowest BCUT2D eigenvalue weighted by molar-refractivity contribution is -0.108. The van der Waals surface area contributed by atoms with Gasteiger partial charge in [-0.25, -0.2) is 0 Å². The van der Waals surface area contributed by atoms with E-state index in [4.69, 9.17) is 14.7 Å². The van der Waals surface area contributed by atoms with E-state index in [0.717, 1.165) is 30.8 Å². The molecule has 1 aliphatic heterocycles. The van der Waals surface area contributed by atoms with Gasteiger partial charge in [0.25, 0.3) is 0 Å². The third-order valence-electron chi connectivity index (χ3n) is 4.67. The van der Waals surface area contributed by atoms with E-state index >= 15 is 0 Å². The fourth-order valence-electron chi connectivity index (χ4n) is 3.50. The summed E-state index contributed by atoms with van der Waals surface area (Å²) in [6.45, 7) is 2.57. The van der Waals surface area contributed by atoms with Crippen molar-refractivity contribution in [2.45, 2.75) is 57.2 Å². The Morgan fingerprint density at radius 3 is 2.95 bits per heavy atom. The topological polar surface area (TPSA) is 51.1 Å². The van der Waals surface area contributed by atoms with E-state index < -0.39 is 0 Å². The third-order valence-corrected chi connectivity index (χ3v) is 4.67. The predicted molar refractivity (Wildman–Crippen MR) is 81.2 cm³/mol. The molecular formula is C17H23NO3. The quantitative estimate of drug-likeness (QED) is 0.523. The lowest BCUT2D eigenvalue weighted by atomic mass is 9.90. The third kappa shape index (κ3) is 3.21. The van der Waals surface area contributed by atoms with Gasteiger partial charge in [-0.15, -0.1) is 0 Å². The molecule has 4 heteroatoms. The molecule has 0 bridgehead atoms. The monoisotopic (exact) mass is 289 g/mol. The zero-order valence-electron chi connectivity index (χ0n) is 12.5. The highest BCUT2D eigenvalue weighted by molar-refractivity contribution is 5.98. The van der Waals surface area contributed by atoms with E-state index in [-0.39, 0.29) is 11.7 Å². The van der Waals surface area contributed by atoms with Crippen molar-refractivity contribution in [3.8, 4) is 5.75 Å². The van der Waals surface area contributed by atoms with Gasteiger partial charge in [0.15, 0.2) is 0 Å². The fourth-order valence-corrected chi connectivity index (χ4v) is 3.50. The van der Waals surface area contributed by atoms with Crippen molar-refractivity contribution < 1.29 is 14.7 Å². The molecular weight excluding hydrogens is 266 g/mol. The maximum Gasteiger partial charge on any atom is 0.120 e. The van der Waals surface area contributed by atoms with Crippen LogP contribution < -0.4 is 4.74 Å². The van der Waals surface area contributed by atoms with E-state index in [1.807, 2.05) is 24.3 Å². The second-order valence-corrected chi connectivity index (χ2v) is 6.18. The molecule has 114 valence electrons. The standard InChI is InChI=1S/C17H23NO3/c1-13(18-19)14-5-4-6-15(11-14)21-16-7-10-20-17(12-16)8-2-3-9-17/h4-6,11,16,19H,2-3,7-10,12H2,1H3/b18-13-. The molecule has 1 unspecified atom stereocenters. The van der Waals surface area contributed by atoms with Crippen molar-refractivity contribution in [2.24, 2.45) is 5.16 Å². The van der Waals surface area contributed by atoms with Gasteiger partial charge in [0.05, 0.1) is 17.9 Å². The zero-order chi connectivity index (χ0) is 14.7. The normalized spacial score (nSPS) is 25.2. The van der Waals surface area contributed by atoms with Gasteiger partial charge in [-0.3, -0.25) is 0 Å². The summed E-state index contributed by atoms with van der Waals surface area (Å²) in [7, 11) is 0. The average Bonchev–Trinajstić information content (AvgIpc) is 2.94. The molecule has 1 aromatic carbocycles. The van der Waals surface area contributed by atoms with Crippen molar-refractivity contribution in [3.05, 3.63) is 29.8 Å². The van der Waals surface area contributed by atoms with Crippen LogP contribution in [0.15, 0.2) is 29.4 Å². The number of ether oxygens (including phenoxy) is 2. The first kappa shape index (κ1) is 14.4. The van der Waals surface area contributed by atoms with Crippen molar-refractivity contribution in [1.29, 1.82) is 0 Å². The summed E-state index contributed by atoms with van der Waals surface area (Å²) in [5.41, 5.74) is 1.56. The smallest absolute Gasteiger partial charge is 0.120 e. The van der Waals surface area contributed by atoms with E-state index in [1.165, 1.54) is 25.7 Å². The molecule has 1 aliphatic carbocycles. The van der Waals surface area contributed by atoms with Crippen LogP contribution >= 0.6 is 0 Å². The summed E-state index contributed by atoms with van der Waals surface area (Å²) >= 11 is 0. The molecule has 1 saturated carbocycles. The van der Waals surface area contributed by atoms with Crippen LogP contribution in [0.1, 0.15) is 51.0 Å². The summed E-state index contributed by atoms with van der Waals surface area (Å²) in [6, 6.07) is 7.76. The van der Waals surface area contributed by atoms with Crippen LogP contribution in [0.3, 0.4) is 0 Å². The van der Waals surface area contributed by atoms with Gasteiger partial charge in [-0.1, -0.05) is 30.1 Å². The van der Waals surface area contributed by atoms with Gasteiger partial charge in [0, 0.05) is 18.4 Å². The Hall–Kier alpha value is -1.55. The van der Waals surface area contributed by atoms with E-state index in [2.05, 4.69) is 5.16 Å². The Balaban J connectivity index is 1.68. The molecule has 0 radical (unpaired) electrons. The van der Waals surface area contributed by atoms with Crippen LogP contribution in [0, 0.1) is 0 Å². The number of hydrogen-bond donors (Lipinski definition) is 1. The van der Waals surface area contributed by atoms with Crippen LogP contribution in [0.25, 0.3) is 0 Å². The molecule has 1 aromatic rings. The highest BCUT2D eigenvalue weighted by Gasteiger charge is 2.40. The molecule has 2 fully saturated rings. The van der Waals surface area contributed by atoms with E-state index in [1.54, 1.807) is 6.92 Å². The van der Waals surface area contributed by atoms with Gasteiger partial charge in [-0.05, 0) is 31.9 Å². The van der Waals surface area contributed by atoms with Crippen LogP contribution in [0.5, 0.6) is 5.75 Å². The largest absolute Gasteiger partial charge is 0.490 e. The highest BCUT2D eigenvalue weighted by Crippen LogP contribution is 2.40. The van der Waals surface area contributed by atoms with Gasteiger partial charge in [-0.2, -0.15) is 0 Å². The summed E-state index contributed by atoms with van der Waals surface area (Å²) in [5.74, 6) is 0.843. The average molecular weight is 289 g/mol. The Morgan fingerprint density at radius 2 is 2.19 bits per heavy atom. The molecule has 1 saturated heterocycles. The van der Waals surface area contributed by atoms with Crippen molar-refractivity contribution in [3.63, 3.8) is 0 Å². The molecule has 1 spiro atoms. The highest BCUT2D eigenvalue weighted by atomic mass is 16.5. The second-order valence-electron chi connectivity index (χ2n) is 6.18. The summed E-state index contributed by atoms with van der Waals surface area (Å²) in [4.78, 5) is 0. The lowest BCUT2D eigenvalue weighted by Crippen LogP contribution is -2.41. The Labute approximate surface area is 125 Å². The first-order chi connectivity index (χ1) is 10.2. The molecule has 2 aliphatic rings. The van der Waals surface area contributed by atoms with Crippen LogP contribution in [-0.4, -0.2) is 29.2 Å².